The van der Waals surface area contributed by atoms with Crippen molar-refractivity contribution >= 4 is 22.9 Å². The zero-order valence-electron chi connectivity index (χ0n) is 11.0. The van der Waals surface area contributed by atoms with Crippen molar-refractivity contribution in [3.05, 3.63) is 56.2 Å². The van der Waals surface area contributed by atoms with Crippen LogP contribution >= 0.6 is 22.9 Å². The van der Waals surface area contributed by atoms with E-state index in [1.54, 1.807) is 0 Å². The lowest BCUT2D eigenvalue weighted by Gasteiger charge is -2.19. The largest absolute Gasteiger partial charge is 0.306 e. The summed E-state index contributed by atoms with van der Waals surface area (Å²) in [4.78, 5) is 2.69. The summed E-state index contributed by atoms with van der Waals surface area (Å²) in [5.74, 6) is 0. The van der Waals surface area contributed by atoms with Gasteiger partial charge in [-0.05, 0) is 55.8 Å². The van der Waals surface area contributed by atoms with Gasteiger partial charge in [0.1, 0.15) is 0 Å². The van der Waals surface area contributed by atoms with Crippen molar-refractivity contribution in [1.82, 2.24) is 5.32 Å². The summed E-state index contributed by atoms with van der Waals surface area (Å²) in [7, 11) is 0. The molecule has 0 saturated heterocycles. The van der Waals surface area contributed by atoms with E-state index < -0.39 is 0 Å². The van der Waals surface area contributed by atoms with E-state index in [0.29, 0.717) is 0 Å². The van der Waals surface area contributed by atoms with Gasteiger partial charge in [0.05, 0.1) is 6.04 Å². The predicted molar refractivity (Wildman–Crippen MR) is 80.8 cm³/mol. The smallest absolute Gasteiger partial charge is 0.0674 e. The Balaban J connectivity index is 2.44. The third-order valence-corrected chi connectivity index (χ3v) is 4.31. The molecule has 1 aromatic carbocycles. The minimum Gasteiger partial charge on any atom is -0.306 e. The van der Waals surface area contributed by atoms with Crippen molar-refractivity contribution in [2.24, 2.45) is 0 Å². The summed E-state index contributed by atoms with van der Waals surface area (Å²) in [6, 6.07) is 10.7. The molecule has 0 amide bonds. The van der Waals surface area contributed by atoms with E-state index in [-0.39, 0.29) is 6.04 Å². The van der Waals surface area contributed by atoms with Crippen LogP contribution in [0.4, 0.5) is 0 Å². The zero-order chi connectivity index (χ0) is 13.1. The molecule has 0 spiro atoms. The maximum absolute atomic E-state index is 6.13. The summed E-state index contributed by atoms with van der Waals surface area (Å²) in [6.07, 6.45) is 0. The summed E-state index contributed by atoms with van der Waals surface area (Å²) in [5.41, 5.74) is 2.54. The van der Waals surface area contributed by atoms with Gasteiger partial charge >= 0.3 is 0 Å². The van der Waals surface area contributed by atoms with Crippen molar-refractivity contribution in [2.75, 3.05) is 6.54 Å². The van der Waals surface area contributed by atoms with Crippen LogP contribution in [0.3, 0.4) is 0 Å². The molecule has 1 nitrogen and oxygen atoms in total. The van der Waals surface area contributed by atoms with Crippen molar-refractivity contribution in [3.63, 3.8) is 0 Å². The van der Waals surface area contributed by atoms with E-state index in [0.717, 1.165) is 11.6 Å². The van der Waals surface area contributed by atoms with Crippen LogP contribution in [0.2, 0.25) is 5.02 Å². The fraction of sp³-hybridized carbons (Fsp3) is 0.333. The lowest BCUT2D eigenvalue weighted by molar-refractivity contribution is 0.637. The Morgan fingerprint density at radius 2 is 2.00 bits per heavy atom. The highest BCUT2D eigenvalue weighted by atomic mass is 35.5. The summed E-state index contributed by atoms with van der Waals surface area (Å²) >= 11 is 7.97. The van der Waals surface area contributed by atoms with Gasteiger partial charge < -0.3 is 5.32 Å². The second-order valence-corrected chi connectivity index (χ2v) is 6.20. The summed E-state index contributed by atoms with van der Waals surface area (Å²) in [6.45, 7) is 7.35. The summed E-state index contributed by atoms with van der Waals surface area (Å²) < 4.78 is 0. The average molecular weight is 280 g/mol. The second kappa shape index (κ2) is 5.87. The van der Waals surface area contributed by atoms with Crippen molar-refractivity contribution in [3.8, 4) is 0 Å². The monoisotopic (exact) mass is 279 g/mol. The Hall–Kier alpha value is -0.830. The molecule has 0 radical (unpaired) electrons. The lowest BCUT2D eigenvalue weighted by atomic mass is 10.00. The van der Waals surface area contributed by atoms with E-state index in [1.807, 2.05) is 17.4 Å². The summed E-state index contributed by atoms with van der Waals surface area (Å²) in [5, 5.41) is 4.35. The van der Waals surface area contributed by atoms with Gasteiger partial charge in [-0.1, -0.05) is 24.6 Å². The molecule has 1 atom stereocenters. The number of hydrogen-bond acceptors (Lipinski definition) is 2. The molecular weight excluding hydrogens is 262 g/mol. The predicted octanol–water partition coefficient (Wildman–Crippen LogP) is 4.72. The topological polar surface area (TPSA) is 12.0 Å². The molecule has 0 bridgehead atoms. The first kappa shape index (κ1) is 13.6. The fourth-order valence-corrected chi connectivity index (χ4v) is 3.25. The maximum atomic E-state index is 6.13. The van der Waals surface area contributed by atoms with Gasteiger partial charge in [0.2, 0.25) is 0 Å². The van der Waals surface area contributed by atoms with Crippen LogP contribution in [-0.4, -0.2) is 6.54 Å². The van der Waals surface area contributed by atoms with E-state index in [4.69, 9.17) is 11.6 Å². The van der Waals surface area contributed by atoms with Crippen molar-refractivity contribution in [2.45, 2.75) is 26.8 Å². The number of nitrogens with one attached hydrogen (secondary N) is 1. The van der Waals surface area contributed by atoms with Gasteiger partial charge in [0, 0.05) is 14.8 Å². The first-order valence-electron chi connectivity index (χ1n) is 6.17. The van der Waals surface area contributed by atoms with Crippen LogP contribution in [0.5, 0.6) is 0 Å². The average Bonchev–Trinajstić information content (AvgIpc) is 2.76. The van der Waals surface area contributed by atoms with Gasteiger partial charge in [-0.25, -0.2) is 0 Å². The first-order chi connectivity index (χ1) is 8.61. The third-order valence-electron chi connectivity index (χ3n) is 3.01. The molecule has 1 unspecified atom stereocenters. The van der Waals surface area contributed by atoms with E-state index >= 15 is 0 Å². The first-order valence-corrected chi connectivity index (χ1v) is 7.37. The molecule has 0 aliphatic carbocycles. The third kappa shape index (κ3) is 2.94. The van der Waals surface area contributed by atoms with Crippen molar-refractivity contribution < 1.29 is 0 Å². The number of thiophene rings is 1. The van der Waals surface area contributed by atoms with Gasteiger partial charge in [-0.3, -0.25) is 0 Å². The molecule has 2 rings (SSSR count). The second-order valence-electron chi connectivity index (χ2n) is 4.44. The molecule has 0 aliphatic rings. The molecular formula is C15H18ClNS. The van der Waals surface area contributed by atoms with E-state index in [9.17, 15) is 0 Å². The number of hydrogen-bond donors (Lipinski definition) is 1. The highest BCUT2D eigenvalue weighted by Crippen LogP contribution is 2.31. The minimum atomic E-state index is 0.243. The van der Waals surface area contributed by atoms with Gasteiger partial charge in [-0.2, -0.15) is 0 Å². The lowest BCUT2D eigenvalue weighted by Crippen LogP contribution is -2.21. The van der Waals surface area contributed by atoms with Gasteiger partial charge in [0.15, 0.2) is 0 Å². The highest BCUT2D eigenvalue weighted by Gasteiger charge is 2.17. The SMILES string of the molecule is CCNC(c1ccc(C)s1)c1cc(Cl)ccc1C. The number of benzene rings is 1. The molecule has 1 N–H and O–H groups in total. The molecule has 1 aromatic heterocycles. The Labute approximate surface area is 118 Å². The van der Waals surface area contributed by atoms with Crippen LogP contribution in [0, 0.1) is 13.8 Å². The van der Waals surface area contributed by atoms with E-state index in [2.05, 4.69) is 50.4 Å². The van der Waals surface area contributed by atoms with Crippen molar-refractivity contribution in [1.29, 1.82) is 0 Å². The Bertz CT molecular complexity index is 533. The molecule has 2 aromatic rings. The van der Waals surface area contributed by atoms with Gasteiger partial charge in [-0.15, -0.1) is 11.3 Å². The number of aryl methyl sites for hydroxylation is 2. The molecule has 0 aliphatic heterocycles. The minimum absolute atomic E-state index is 0.243. The van der Waals surface area contributed by atoms with Crippen LogP contribution in [0.15, 0.2) is 30.3 Å². The van der Waals surface area contributed by atoms with Crippen LogP contribution in [0.25, 0.3) is 0 Å². The van der Waals surface area contributed by atoms with Gasteiger partial charge in [0.25, 0.3) is 0 Å². The molecule has 3 heteroatoms. The van der Waals surface area contributed by atoms with Crippen LogP contribution < -0.4 is 5.32 Å². The molecule has 0 saturated carbocycles. The standard InChI is InChI=1S/C15H18ClNS/c1-4-17-15(14-8-6-11(3)18-14)13-9-12(16)7-5-10(13)2/h5-9,15,17H,4H2,1-3H3. The highest BCUT2D eigenvalue weighted by molar-refractivity contribution is 7.12. The maximum Gasteiger partial charge on any atom is 0.0674 e. The number of rotatable bonds is 4. The normalized spacial score (nSPS) is 12.7. The van der Waals surface area contributed by atoms with Crippen LogP contribution in [0.1, 0.15) is 33.8 Å². The molecule has 1 heterocycles. The fourth-order valence-electron chi connectivity index (χ4n) is 2.10. The zero-order valence-corrected chi connectivity index (χ0v) is 12.5. The van der Waals surface area contributed by atoms with Crippen LogP contribution in [-0.2, 0) is 0 Å². The molecule has 0 fully saturated rings. The Morgan fingerprint density at radius 3 is 2.61 bits per heavy atom. The quantitative estimate of drug-likeness (QED) is 0.854. The Kier molecular flexibility index (Phi) is 4.44. The number of halogens is 1. The molecule has 18 heavy (non-hydrogen) atoms. The van der Waals surface area contributed by atoms with E-state index in [1.165, 1.54) is 20.9 Å². The molecule has 96 valence electrons. The Morgan fingerprint density at radius 1 is 1.22 bits per heavy atom.